The molecule has 5 heteroatoms. The van der Waals surface area contributed by atoms with E-state index in [1.807, 2.05) is 6.07 Å². The number of piperidine rings is 1. The fourth-order valence-electron chi connectivity index (χ4n) is 2.12. The summed E-state index contributed by atoms with van der Waals surface area (Å²) in [6.07, 6.45) is 4.10. The molecule has 1 atom stereocenters. The minimum absolute atomic E-state index is 0.337. The van der Waals surface area contributed by atoms with E-state index in [-0.39, 0.29) is 0 Å². The Bertz CT molecular complexity index is 403. The molecular weight excluding hydrogens is 230 g/mol. The monoisotopic (exact) mass is 249 g/mol. The normalized spacial score (nSPS) is 19.3. The highest BCUT2D eigenvalue weighted by Gasteiger charge is 2.13. The fraction of sp³-hybridized carbons (Fsp3) is 0.538. The van der Waals surface area contributed by atoms with Gasteiger partial charge in [-0.3, -0.25) is 0 Å². The maximum atomic E-state index is 11.3. The number of aromatic nitrogens is 1. The van der Waals surface area contributed by atoms with Crippen LogP contribution in [0.4, 0.5) is 5.69 Å². The number of rotatable bonds is 4. The number of hydrogen-bond donors (Lipinski definition) is 2. The Kier molecular flexibility index (Phi) is 4.52. The first-order valence-electron chi connectivity index (χ1n) is 6.28. The van der Waals surface area contributed by atoms with Crippen LogP contribution in [-0.2, 0) is 4.74 Å². The van der Waals surface area contributed by atoms with Gasteiger partial charge in [0.1, 0.15) is 5.69 Å². The average molecular weight is 249 g/mol. The van der Waals surface area contributed by atoms with Crippen LogP contribution in [0.1, 0.15) is 23.3 Å². The van der Waals surface area contributed by atoms with Crippen LogP contribution in [-0.4, -0.2) is 37.7 Å². The van der Waals surface area contributed by atoms with Crippen LogP contribution >= 0.6 is 0 Å². The van der Waals surface area contributed by atoms with E-state index in [2.05, 4.69) is 20.4 Å². The highest BCUT2D eigenvalue weighted by molar-refractivity contribution is 5.88. The molecule has 2 rings (SSSR count). The lowest BCUT2D eigenvalue weighted by molar-refractivity contribution is 0.0594. The van der Waals surface area contributed by atoms with Crippen molar-refractivity contribution >= 4 is 11.7 Å². The summed E-state index contributed by atoms with van der Waals surface area (Å²) in [6, 6.07) is 3.59. The van der Waals surface area contributed by atoms with Crippen molar-refractivity contribution in [3.05, 3.63) is 24.0 Å². The summed E-state index contributed by atoms with van der Waals surface area (Å²) in [5.74, 6) is 0.242. The molecule has 1 saturated heterocycles. The van der Waals surface area contributed by atoms with Gasteiger partial charge in [0.25, 0.3) is 0 Å². The Labute approximate surface area is 107 Å². The fourth-order valence-corrected chi connectivity index (χ4v) is 2.12. The summed E-state index contributed by atoms with van der Waals surface area (Å²) < 4.78 is 4.65. The molecule has 0 aliphatic carbocycles. The van der Waals surface area contributed by atoms with Crippen LogP contribution in [0.25, 0.3) is 0 Å². The van der Waals surface area contributed by atoms with Gasteiger partial charge >= 0.3 is 5.97 Å². The Morgan fingerprint density at radius 1 is 1.67 bits per heavy atom. The SMILES string of the molecule is COC(=O)c1cc(NCC2CCCNC2)ccn1. The summed E-state index contributed by atoms with van der Waals surface area (Å²) in [6.45, 7) is 3.10. The van der Waals surface area contributed by atoms with Crippen LogP contribution in [0, 0.1) is 5.92 Å². The molecule has 2 N–H and O–H groups in total. The third-order valence-electron chi connectivity index (χ3n) is 3.15. The number of nitrogens with zero attached hydrogens (tertiary/aromatic N) is 1. The third kappa shape index (κ3) is 3.43. The lowest BCUT2D eigenvalue weighted by Crippen LogP contribution is -2.33. The number of carbonyl (C=O) groups excluding carboxylic acids is 1. The van der Waals surface area contributed by atoms with Crippen LogP contribution in [0.3, 0.4) is 0 Å². The second-order valence-corrected chi connectivity index (χ2v) is 4.51. The Hall–Kier alpha value is -1.62. The molecule has 98 valence electrons. The number of hydrogen-bond acceptors (Lipinski definition) is 5. The van der Waals surface area contributed by atoms with Crippen molar-refractivity contribution in [3.8, 4) is 0 Å². The first kappa shape index (κ1) is 12.8. The quantitative estimate of drug-likeness (QED) is 0.787. The number of nitrogens with one attached hydrogen (secondary N) is 2. The Morgan fingerprint density at radius 2 is 2.56 bits per heavy atom. The van der Waals surface area contributed by atoms with Crippen molar-refractivity contribution in [2.45, 2.75) is 12.8 Å². The minimum Gasteiger partial charge on any atom is -0.464 e. The van der Waals surface area contributed by atoms with Crippen LogP contribution < -0.4 is 10.6 Å². The van der Waals surface area contributed by atoms with Gasteiger partial charge in [0.2, 0.25) is 0 Å². The minimum atomic E-state index is -0.405. The number of ether oxygens (including phenoxy) is 1. The van der Waals surface area contributed by atoms with Crippen molar-refractivity contribution in [2.24, 2.45) is 5.92 Å². The van der Waals surface area contributed by atoms with Crippen LogP contribution in [0.15, 0.2) is 18.3 Å². The zero-order chi connectivity index (χ0) is 12.8. The van der Waals surface area contributed by atoms with Gasteiger partial charge in [-0.1, -0.05) is 0 Å². The van der Waals surface area contributed by atoms with Gasteiger partial charge < -0.3 is 15.4 Å². The molecule has 0 spiro atoms. The van der Waals surface area contributed by atoms with Crippen molar-refractivity contribution in [3.63, 3.8) is 0 Å². The second kappa shape index (κ2) is 6.35. The van der Waals surface area contributed by atoms with E-state index < -0.39 is 5.97 Å². The van der Waals surface area contributed by atoms with Crippen molar-refractivity contribution in [1.29, 1.82) is 0 Å². The van der Waals surface area contributed by atoms with Gasteiger partial charge in [-0.25, -0.2) is 9.78 Å². The molecule has 0 amide bonds. The highest BCUT2D eigenvalue weighted by atomic mass is 16.5. The molecule has 0 saturated carbocycles. The first-order chi connectivity index (χ1) is 8.79. The molecular formula is C13H19N3O2. The highest BCUT2D eigenvalue weighted by Crippen LogP contribution is 2.13. The molecule has 0 aromatic carbocycles. The number of pyridine rings is 1. The van der Waals surface area contributed by atoms with E-state index in [1.54, 1.807) is 12.3 Å². The molecule has 0 radical (unpaired) electrons. The summed E-state index contributed by atoms with van der Waals surface area (Å²) >= 11 is 0. The molecule has 1 aromatic heterocycles. The van der Waals surface area contributed by atoms with E-state index >= 15 is 0 Å². The number of carbonyl (C=O) groups is 1. The van der Waals surface area contributed by atoms with Gasteiger partial charge in [0, 0.05) is 18.4 Å². The number of methoxy groups -OCH3 is 1. The van der Waals surface area contributed by atoms with Gasteiger partial charge in [0.15, 0.2) is 0 Å². The lowest BCUT2D eigenvalue weighted by atomic mass is 10.00. The van der Waals surface area contributed by atoms with E-state index in [9.17, 15) is 4.79 Å². The van der Waals surface area contributed by atoms with E-state index in [1.165, 1.54) is 20.0 Å². The largest absolute Gasteiger partial charge is 0.464 e. The maximum absolute atomic E-state index is 11.3. The van der Waals surface area contributed by atoms with Gasteiger partial charge in [-0.2, -0.15) is 0 Å². The standard InChI is InChI=1S/C13H19N3O2/c1-18-13(17)12-7-11(4-6-15-12)16-9-10-3-2-5-14-8-10/h4,6-7,10,14H,2-3,5,8-9H2,1H3,(H,15,16). The van der Waals surface area contributed by atoms with E-state index in [0.717, 1.165) is 25.3 Å². The van der Waals surface area contributed by atoms with Crippen LogP contribution in [0.5, 0.6) is 0 Å². The number of esters is 1. The molecule has 1 aliphatic rings. The third-order valence-corrected chi connectivity index (χ3v) is 3.15. The smallest absolute Gasteiger partial charge is 0.356 e. The topological polar surface area (TPSA) is 63.2 Å². The molecule has 0 bridgehead atoms. The van der Waals surface area contributed by atoms with Crippen molar-refractivity contribution in [1.82, 2.24) is 10.3 Å². The predicted molar refractivity (Wildman–Crippen MR) is 69.7 cm³/mol. The summed E-state index contributed by atoms with van der Waals surface area (Å²) in [7, 11) is 1.36. The average Bonchev–Trinajstić information content (AvgIpc) is 2.45. The van der Waals surface area contributed by atoms with E-state index in [4.69, 9.17) is 0 Å². The van der Waals surface area contributed by atoms with Crippen LogP contribution in [0.2, 0.25) is 0 Å². The molecule has 5 nitrogen and oxygen atoms in total. The predicted octanol–water partition coefficient (Wildman–Crippen LogP) is 1.28. The van der Waals surface area contributed by atoms with Gasteiger partial charge in [-0.05, 0) is 44.0 Å². The zero-order valence-electron chi connectivity index (χ0n) is 10.6. The van der Waals surface area contributed by atoms with Crippen molar-refractivity contribution < 1.29 is 9.53 Å². The maximum Gasteiger partial charge on any atom is 0.356 e. The molecule has 18 heavy (non-hydrogen) atoms. The second-order valence-electron chi connectivity index (χ2n) is 4.51. The molecule has 1 unspecified atom stereocenters. The summed E-state index contributed by atoms with van der Waals surface area (Å²) in [4.78, 5) is 15.3. The first-order valence-corrected chi connectivity index (χ1v) is 6.28. The Balaban J connectivity index is 1.90. The molecule has 1 aromatic rings. The number of anilines is 1. The van der Waals surface area contributed by atoms with Gasteiger partial charge in [-0.15, -0.1) is 0 Å². The van der Waals surface area contributed by atoms with E-state index in [0.29, 0.717) is 11.6 Å². The molecule has 1 fully saturated rings. The van der Waals surface area contributed by atoms with Gasteiger partial charge in [0.05, 0.1) is 7.11 Å². The zero-order valence-corrected chi connectivity index (χ0v) is 10.6. The molecule has 2 heterocycles. The lowest BCUT2D eigenvalue weighted by Gasteiger charge is -2.23. The Morgan fingerprint density at radius 3 is 3.28 bits per heavy atom. The summed E-state index contributed by atoms with van der Waals surface area (Å²) in [5, 5.41) is 6.73. The summed E-state index contributed by atoms with van der Waals surface area (Å²) in [5.41, 5.74) is 1.25. The van der Waals surface area contributed by atoms with Crippen molar-refractivity contribution in [2.75, 3.05) is 32.1 Å². The molecule has 1 aliphatic heterocycles.